The second-order valence-electron chi connectivity index (χ2n) is 5.18. The fourth-order valence-corrected chi connectivity index (χ4v) is 2.14. The molecular weight excluding hydrogens is 322 g/mol. The lowest BCUT2D eigenvalue weighted by atomic mass is 10.1. The number of hydrogen-bond donors (Lipinski definition) is 1. The first kappa shape index (κ1) is 18.2. The molecule has 0 aliphatic heterocycles. The van der Waals surface area contributed by atoms with Crippen LogP contribution in [0.5, 0.6) is 5.75 Å². The smallest absolute Gasteiger partial charge is 0.338 e. The van der Waals surface area contributed by atoms with E-state index in [4.69, 9.17) is 9.47 Å². The number of carbonyl (C=O) groups is 3. The molecule has 2 aromatic rings. The van der Waals surface area contributed by atoms with Crippen molar-refractivity contribution in [2.24, 2.45) is 0 Å². The van der Waals surface area contributed by atoms with Crippen molar-refractivity contribution in [1.29, 1.82) is 0 Å². The molecule has 0 aliphatic carbocycles. The third-order valence-electron chi connectivity index (χ3n) is 3.32. The van der Waals surface area contributed by atoms with Gasteiger partial charge >= 0.3 is 5.97 Å². The Morgan fingerprint density at radius 3 is 2.32 bits per heavy atom. The zero-order chi connectivity index (χ0) is 18.2. The van der Waals surface area contributed by atoms with Crippen molar-refractivity contribution >= 4 is 23.3 Å². The van der Waals surface area contributed by atoms with Crippen LogP contribution in [0.1, 0.15) is 34.6 Å². The van der Waals surface area contributed by atoms with Crippen molar-refractivity contribution in [1.82, 2.24) is 0 Å². The van der Waals surface area contributed by atoms with E-state index in [1.807, 2.05) is 0 Å². The Bertz CT molecular complexity index is 768. The van der Waals surface area contributed by atoms with E-state index in [9.17, 15) is 14.4 Å². The van der Waals surface area contributed by atoms with Gasteiger partial charge in [-0.05, 0) is 50.2 Å². The van der Waals surface area contributed by atoms with Gasteiger partial charge in [0.15, 0.2) is 12.4 Å². The van der Waals surface area contributed by atoms with Crippen LogP contribution >= 0.6 is 0 Å². The summed E-state index contributed by atoms with van der Waals surface area (Å²) in [6.07, 6.45) is 0. The zero-order valence-electron chi connectivity index (χ0n) is 14.1. The number of esters is 1. The molecule has 0 spiro atoms. The second kappa shape index (κ2) is 8.63. The summed E-state index contributed by atoms with van der Waals surface area (Å²) >= 11 is 0. The largest absolute Gasteiger partial charge is 0.484 e. The van der Waals surface area contributed by atoms with E-state index in [2.05, 4.69) is 5.32 Å². The normalized spacial score (nSPS) is 10.0. The molecule has 0 aliphatic rings. The number of anilines is 1. The summed E-state index contributed by atoms with van der Waals surface area (Å²) in [7, 11) is 0. The van der Waals surface area contributed by atoms with Crippen LogP contribution in [0.2, 0.25) is 0 Å². The number of hydrogen-bond acceptors (Lipinski definition) is 5. The van der Waals surface area contributed by atoms with E-state index in [1.165, 1.54) is 6.92 Å². The molecule has 130 valence electrons. The van der Waals surface area contributed by atoms with Gasteiger partial charge in [-0.2, -0.15) is 0 Å². The molecule has 0 heterocycles. The van der Waals surface area contributed by atoms with Crippen LogP contribution in [-0.4, -0.2) is 30.9 Å². The van der Waals surface area contributed by atoms with Gasteiger partial charge in [-0.1, -0.05) is 12.1 Å². The van der Waals surface area contributed by atoms with Crippen LogP contribution in [0.4, 0.5) is 5.69 Å². The van der Waals surface area contributed by atoms with E-state index < -0.39 is 5.97 Å². The summed E-state index contributed by atoms with van der Waals surface area (Å²) in [5.74, 6) is -0.481. The van der Waals surface area contributed by atoms with E-state index in [-0.39, 0.29) is 18.3 Å². The number of carbonyl (C=O) groups excluding carboxylic acids is 3. The van der Waals surface area contributed by atoms with Crippen LogP contribution in [-0.2, 0) is 9.53 Å². The highest BCUT2D eigenvalue weighted by Gasteiger charge is 2.11. The van der Waals surface area contributed by atoms with Gasteiger partial charge in [0, 0.05) is 5.56 Å². The molecular formula is C19H19NO5. The maximum absolute atomic E-state index is 12.0. The van der Waals surface area contributed by atoms with Gasteiger partial charge in [0.1, 0.15) is 5.75 Å². The number of rotatable bonds is 7. The molecule has 2 rings (SSSR count). The van der Waals surface area contributed by atoms with Crippen LogP contribution in [0.15, 0.2) is 48.5 Å². The van der Waals surface area contributed by atoms with Crippen molar-refractivity contribution in [3.63, 3.8) is 0 Å². The van der Waals surface area contributed by atoms with Gasteiger partial charge in [-0.15, -0.1) is 0 Å². The summed E-state index contributed by atoms with van der Waals surface area (Å²) in [6.45, 7) is 3.26. The lowest BCUT2D eigenvalue weighted by Crippen LogP contribution is -2.21. The molecule has 0 aromatic heterocycles. The van der Waals surface area contributed by atoms with Crippen molar-refractivity contribution in [3.05, 3.63) is 59.7 Å². The second-order valence-corrected chi connectivity index (χ2v) is 5.18. The fraction of sp³-hybridized carbons (Fsp3) is 0.211. The molecule has 0 atom stereocenters. The predicted molar refractivity (Wildman–Crippen MR) is 93.0 cm³/mol. The number of amides is 1. The summed E-state index contributed by atoms with van der Waals surface area (Å²) in [5, 5.41) is 2.65. The molecule has 25 heavy (non-hydrogen) atoms. The molecule has 1 amide bonds. The summed E-state index contributed by atoms with van der Waals surface area (Å²) in [4.78, 5) is 35.1. The van der Waals surface area contributed by atoms with Crippen LogP contribution < -0.4 is 10.1 Å². The SMILES string of the molecule is CCOC(=O)c1ccc(OCC(=O)Nc2ccccc2C(C)=O)cc1. The van der Waals surface area contributed by atoms with Crippen LogP contribution in [0.25, 0.3) is 0 Å². The van der Waals surface area contributed by atoms with Gasteiger partial charge in [0.05, 0.1) is 17.9 Å². The van der Waals surface area contributed by atoms with Crippen LogP contribution in [0, 0.1) is 0 Å². The van der Waals surface area contributed by atoms with Gasteiger partial charge in [-0.25, -0.2) is 4.79 Å². The zero-order valence-corrected chi connectivity index (χ0v) is 14.1. The molecule has 0 fully saturated rings. The van der Waals surface area contributed by atoms with E-state index >= 15 is 0 Å². The lowest BCUT2D eigenvalue weighted by Gasteiger charge is -2.10. The Morgan fingerprint density at radius 1 is 1.00 bits per heavy atom. The number of ketones is 1. The van der Waals surface area contributed by atoms with Gasteiger partial charge in [0.25, 0.3) is 5.91 Å². The molecule has 0 unspecified atom stereocenters. The van der Waals surface area contributed by atoms with Crippen LogP contribution in [0.3, 0.4) is 0 Å². The number of benzene rings is 2. The number of ether oxygens (including phenoxy) is 2. The van der Waals surface area contributed by atoms with Crippen molar-refractivity contribution < 1.29 is 23.9 Å². The highest BCUT2D eigenvalue weighted by Crippen LogP contribution is 2.16. The first-order valence-electron chi connectivity index (χ1n) is 7.81. The van der Waals surface area contributed by atoms with Crippen molar-refractivity contribution in [3.8, 4) is 5.75 Å². The standard InChI is InChI=1S/C19H19NO5/c1-3-24-19(23)14-8-10-15(11-9-14)25-12-18(22)20-17-7-5-4-6-16(17)13(2)21/h4-11H,3,12H2,1-2H3,(H,20,22). The number of para-hydroxylation sites is 1. The van der Waals surface area contributed by atoms with Gasteiger partial charge < -0.3 is 14.8 Å². The fourth-order valence-electron chi connectivity index (χ4n) is 2.14. The minimum atomic E-state index is -0.410. The third kappa shape index (κ3) is 5.17. The molecule has 0 bridgehead atoms. The van der Waals surface area contributed by atoms with Crippen molar-refractivity contribution in [2.75, 3.05) is 18.5 Å². The molecule has 6 heteroatoms. The topological polar surface area (TPSA) is 81.7 Å². The van der Waals surface area contributed by atoms with E-state index in [0.717, 1.165) is 0 Å². The maximum Gasteiger partial charge on any atom is 0.338 e. The Labute approximate surface area is 145 Å². The average molecular weight is 341 g/mol. The quantitative estimate of drug-likeness (QED) is 0.618. The molecule has 1 N–H and O–H groups in total. The number of nitrogens with one attached hydrogen (secondary N) is 1. The molecule has 2 aromatic carbocycles. The Hall–Kier alpha value is -3.15. The average Bonchev–Trinajstić information content (AvgIpc) is 2.61. The lowest BCUT2D eigenvalue weighted by molar-refractivity contribution is -0.118. The highest BCUT2D eigenvalue weighted by atomic mass is 16.5. The Morgan fingerprint density at radius 2 is 1.68 bits per heavy atom. The van der Waals surface area contributed by atoms with Crippen molar-refractivity contribution in [2.45, 2.75) is 13.8 Å². The monoisotopic (exact) mass is 341 g/mol. The van der Waals surface area contributed by atoms with Gasteiger partial charge in [-0.3, -0.25) is 9.59 Å². The third-order valence-corrected chi connectivity index (χ3v) is 3.32. The first-order chi connectivity index (χ1) is 12.0. The number of Topliss-reactive ketones (excluding diaryl/α,β-unsaturated/α-hetero) is 1. The Balaban J connectivity index is 1.92. The molecule has 0 radical (unpaired) electrons. The molecule has 0 saturated heterocycles. The molecule has 6 nitrogen and oxygen atoms in total. The summed E-state index contributed by atoms with van der Waals surface area (Å²) in [5.41, 5.74) is 1.30. The predicted octanol–water partition coefficient (Wildman–Crippen LogP) is 3.08. The van der Waals surface area contributed by atoms with Gasteiger partial charge in [0.2, 0.25) is 0 Å². The first-order valence-corrected chi connectivity index (χ1v) is 7.81. The highest BCUT2D eigenvalue weighted by molar-refractivity contribution is 6.03. The maximum atomic E-state index is 12.0. The van der Waals surface area contributed by atoms with E-state index in [1.54, 1.807) is 55.5 Å². The summed E-state index contributed by atoms with van der Waals surface area (Å²) < 4.78 is 10.3. The minimum absolute atomic E-state index is 0.133. The summed E-state index contributed by atoms with van der Waals surface area (Å²) in [6, 6.07) is 13.1. The minimum Gasteiger partial charge on any atom is -0.484 e. The molecule has 0 saturated carbocycles. The van der Waals surface area contributed by atoms with E-state index in [0.29, 0.717) is 29.2 Å². The Kier molecular flexibility index (Phi) is 6.28.